The first-order valence-electron chi connectivity index (χ1n) is 11.8. The summed E-state index contributed by atoms with van der Waals surface area (Å²) in [7, 11) is -0.209. The molecule has 0 bridgehead atoms. The predicted octanol–water partition coefficient (Wildman–Crippen LogP) is 3.78. The molecule has 0 unspecified atom stereocenters. The number of nitrogens with one attached hydrogen (secondary N) is 2. The summed E-state index contributed by atoms with van der Waals surface area (Å²) in [4.78, 5) is 33.0. The summed E-state index contributed by atoms with van der Waals surface area (Å²) in [5.41, 5.74) is 5.66. The summed E-state index contributed by atoms with van der Waals surface area (Å²) in [5, 5.41) is 3.25. The Morgan fingerprint density at radius 3 is 2.38 bits per heavy atom. The van der Waals surface area contributed by atoms with Gasteiger partial charge in [-0.05, 0) is 52.3 Å². The van der Waals surface area contributed by atoms with E-state index in [1.54, 1.807) is 36.9 Å². The van der Waals surface area contributed by atoms with E-state index in [0.29, 0.717) is 34.5 Å². The van der Waals surface area contributed by atoms with Crippen molar-refractivity contribution in [3.8, 4) is 0 Å². The van der Waals surface area contributed by atoms with Crippen LogP contribution in [0.15, 0.2) is 36.5 Å². The van der Waals surface area contributed by atoms with Crippen LogP contribution >= 0.6 is 0 Å². The number of aromatic nitrogens is 3. The van der Waals surface area contributed by atoms with Gasteiger partial charge >= 0.3 is 0 Å². The molecular formula is C25H33N7O4S. The number of pyridine rings is 1. The minimum absolute atomic E-state index is 0.0547. The Balaban J connectivity index is 2.11. The molecular weight excluding hydrogens is 494 g/mol. The van der Waals surface area contributed by atoms with Gasteiger partial charge in [0, 0.05) is 38.1 Å². The number of amides is 1. The van der Waals surface area contributed by atoms with Gasteiger partial charge in [0.1, 0.15) is 17.5 Å². The van der Waals surface area contributed by atoms with E-state index in [4.69, 9.17) is 4.84 Å². The molecule has 2 N–H and O–H groups in total. The number of carbonyl (C=O) groups is 1. The maximum absolute atomic E-state index is 12.9. The van der Waals surface area contributed by atoms with Crippen LogP contribution in [0.5, 0.6) is 0 Å². The number of sulfonamides is 1. The first kappa shape index (κ1) is 27.8. The molecule has 37 heavy (non-hydrogen) atoms. The maximum Gasteiger partial charge on any atom is 0.278 e. The lowest BCUT2D eigenvalue weighted by Gasteiger charge is -2.24. The van der Waals surface area contributed by atoms with Crippen molar-refractivity contribution in [1.29, 1.82) is 0 Å². The highest BCUT2D eigenvalue weighted by Crippen LogP contribution is 2.34. The van der Waals surface area contributed by atoms with Crippen LogP contribution in [0.1, 0.15) is 41.3 Å². The molecule has 0 saturated heterocycles. The van der Waals surface area contributed by atoms with Crippen LogP contribution in [0.3, 0.4) is 0 Å². The molecule has 0 spiro atoms. The van der Waals surface area contributed by atoms with Gasteiger partial charge in [0.15, 0.2) is 0 Å². The summed E-state index contributed by atoms with van der Waals surface area (Å²) >= 11 is 0. The lowest BCUT2D eigenvalue weighted by atomic mass is 10.1. The van der Waals surface area contributed by atoms with Crippen LogP contribution in [0.2, 0.25) is 0 Å². The number of hydroxylamine groups is 1. The molecule has 3 aromatic rings. The van der Waals surface area contributed by atoms with E-state index in [2.05, 4.69) is 25.7 Å². The van der Waals surface area contributed by atoms with Crippen molar-refractivity contribution in [2.45, 2.75) is 34.6 Å². The molecule has 11 nitrogen and oxygen atoms in total. The topological polar surface area (TPSA) is 130 Å². The molecule has 1 aromatic carbocycles. The van der Waals surface area contributed by atoms with Crippen LogP contribution in [0.4, 0.5) is 28.7 Å². The number of hydrogen-bond acceptors (Lipinski definition) is 9. The number of nitrogens with zero attached hydrogens (tertiary/aromatic N) is 5. The normalized spacial score (nSPS) is 11.2. The quantitative estimate of drug-likeness (QED) is 0.378. The third-order valence-corrected chi connectivity index (χ3v) is 7.39. The van der Waals surface area contributed by atoms with Crippen LogP contribution in [-0.2, 0) is 14.9 Å². The minimum atomic E-state index is -3.53. The van der Waals surface area contributed by atoms with Crippen molar-refractivity contribution in [1.82, 2.24) is 20.4 Å². The third kappa shape index (κ3) is 6.52. The molecule has 2 aromatic heterocycles. The Kier molecular flexibility index (Phi) is 8.66. The zero-order chi connectivity index (χ0) is 27.3. The highest BCUT2D eigenvalue weighted by Gasteiger charge is 2.22. The first-order chi connectivity index (χ1) is 17.5. The van der Waals surface area contributed by atoms with E-state index in [9.17, 15) is 13.2 Å². The van der Waals surface area contributed by atoms with Gasteiger partial charge in [0.25, 0.3) is 5.91 Å². The molecule has 198 valence electrons. The zero-order valence-corrected chi connectivity index (χ0v) is 23.0. The summed E-state index contributed by atoms with van der Waals surface area (Å²) < 4.78 is 26.5. The lowest BCUT2D eigenvalue weighted by Crippen LogP contribution is -2.29. The standard InChI is InChI=1S/C25H33N7O4S/c1-8-36-30-25(33)19-15-26-23(31(6)24-13-17(4)27-18(5)28-24)14-21(19)29-20-11-10-16(3)12-22(20)32(7)37(34,35)9-2/h10-15H,8-9H2,1-7H3,(H,26,29)(H,30,33). The van der Waals surface area contributed by atoms with Gasteiger partial charge in [-0.25, -0.2) is 28.8 Å². The monoisotopic (exact) mass is 527 g/mol. The van der Waals surface area contributed by atoms with Crippen molar-refractivity contribution in [3.63, 3.8) is 0 Å². The summed E-state index contributed by atoms with van der Waals surface area (Å²) in [6.07, 6.45) is 1.43. The Morgan fingerprint density at radius 1 is 1.00 bits per heavy atom. The van der Waals surface area contributed by atoms with E-state index in [-0.39, 0.29) is 17.9 Å². The first-order valence-corrected chi connectivity index (χ1v) is 13.4. The second-order valence-corrected chi connectivity index (χ2v) is 10.7. The van der Waals surface area contributed by atoms with Gasteiger partial charge in [0.05, 0.1) is 35.0 Å². The highest BCUT2D eigenvalue weighted by atomic mass is 32.2. The van der Waals surface area contributed by atoms with Gasteiger partial charge in [-0.2, -0.15) is 0 Å². The second-order valence-electron chi connectivity index (χ2n) is 8.44. The third-order valence-electron chi connectivity index (χ3n) is 5.63. The van der Waals surface area contributed by atoms with Crippen molar-refractivity contribution < 1.29 is 18.0 Å². The summed E-state index contributed by atoms with van der Waals surface area (Å²) in [6.45, 7) is 9.21. The fourth-order valence-corrected chi connectivity index (χ4v) is 4.43. The fraction of sp³-hybridized carbons (Fsp3) is 0.360. The number of hydrogen-bond donors (Lipinski definition) is 2. The van der Waals surface area contributed by atoms with Crippen molar-refractivity contribution >= 4 is 44.6 Å². The van der Waals surface area contributed by atoms with Crippen molar-refractivity contribution in [3.05, 3.63) is 59.2 Å². The smallest absolute Gasteiger partial charge is 0.278 e. The molecule has 0 saturated carbocycles. The second kappa shape index (κ2) is 11.5. The molecule has 3 rings (SSSR count). The average molecular weight is 528 g/mol. The summed E-state index contributed by atoms with van der Waals surface area (Å²) in [6, 6.07) is 8.94. The molecule has 0 fully saturated rings. The Labute approximate surface area is 217 Å². The number of rotatable bonds is 10. The van der Waals surface area contributed by atoms with Crippen LogP contribution in [0, 0.1) is 20.8 Å². The Bertz CT molecular complexity index is 1380. The molecule has 12 heteroatoms. The fourth-order valence-electron chi connectivity index (χ4n) is 3.59. The largest absolute Gasteiger partial charge is 0.353 e. The minimum Gasteiger partial charge on any atom is -0.353 e. The Morgan fingerprint density at radius 2 is 1.73 bits per heavy atom. The molecule has 0 aliphatic rings. The molecule has 0 atom stereocenters. The number of benzene rings is 1. The van der Waals surface area contributed by atoms with Gasteiger partial charge in [-0.15, -0.1) is 0 Å². The zero-order valence-electron chi connectivity index (χ0n) is 22.2. The average Bonchev–Trinajstić information content (AvgIpc) is 2.86. The lowest BCUT2D eigenvalue weighted by molar-refractivity contribution is 0.0365. The van der Waals surface area contributed by atoms with Crippen LogP contribution in [-0.4, -0.2) is 55.7 Å². The molecule has 0 aliphatic carbocycles. The van der Waals surface area contributed by atoms with Gasteiger partial charge in [-0.1, -0.05) is 6.07 Å². The number of anilines is 5. The molecule has 0 aliphatic heterocycles. The molecule has 0 radical (unpaired) electrons. The predicted molar refractivity (Wildman–Crippen MR) is 145 cm³/mol. The van der Waals surface area contributed by atoms with Crippen LogP contribution < -0.4 is 20.0 Å². The van der Waals surface area contributed by atoms with Gasteiger partial charge in [0.2, 0.25) is 10.0 Å². The Hall–Kier alpha value is -3.77. The van der Waals surface area contributed by atoms with E-state index >= 15 is 0 Å². The van der Waals surface area contributed by atoms with Crippen molar-refractivity contribution in [2.75, 3.05) is 41.0 Å². The number of aryl methyl sites for hydroxylation is 3. The van der Waals surface area contributed by atoms with Gasteiger partial charge in [-0.3, -0.25) is 13.9 Å². The SMILES string of the molecule is CCONC(=O)c1cnc(N(C)c2cc(C)nc(C)n2)cc1Nc1ccc(C)cc1N(C)S(=O)(=O)CC. The van der Waals surface area contributed by atoms with Crippen molar-refractivity contribution in [2.24, 2.45) is 0 Å². The van der Waals surface area contributed by atoms with E-state index < -0.39 is 15.9 Å². The maximum atomic E-state index is 12.9. The highest BCUT2D eigenvalue weighted by molar-refractivity contribution is 7.92. The van der Waals surface area contributed by atoms with Crippen LogP contribution in [0.25, 0.3) is 0 Å². The van der Waals surface area contributed by atoms with E-state index in [1.807, 2.05) is 40.0 Å². The molecule has 1 amide bonds. The number of carbonyl (C=O) groups excluding carboxylic acids is 1. The van der Waals surface area contributed by atoms with Gasteiger partial charge < -0.3 is 10.2 Å². The molecule has 2 heterocycles. The summed E-state index contributed by atoms with van der Waals surface area (Å²) in [5.74, 6) is 1.22. The van der Waals surface area contributed by atoms with E-state index in [0.717, 1.165) is 11.3 Å². The van der Waals surface area contributed by atoms with E-state index in [1.165, 1.54) is 17.5 Å².